The summed E-state index contributed by atoms with van der Waals surface area (Å²) in [5.41, 5.74) is 0. The number of methoxy groups -OCH3 is 1. The van der Waals surface area contributed by atoms with Crippen molar-refractivity contribution in [3.8, 4) is 0 Å². The lowest BCUT2D eigenvalue weighted by atomic mass is 10.5. The van der Waals surface area contributed by atoms with Gasteiger partial charge < -0.3 is 9.64 Å². The van der Waals surface area contributed by atoms with Crippen LogP contribution in [0, 0.1) is 0 Å². The average molecular weight is 172 g/mol. The van der Waals surface area contributed by atoms with Gasteiger partial charge in [-0.1, -0.05) is 0 Å². The first kappa shape index (κ1) is 9.48. The molecule has 0 aromatic rings. The first-order valence-corrected chi connectivity index (χ1v) is 4.11. The fourth-order valence-corrected chi connectivity index (χ4v) is 1.11. The van der Waals surface area contributed by atoms with Gasteiger partial charge in [-0.05, 0) is 14.1 Å². The number of rotatable bonds is 4. The van der Waals surface area contributed by atoms with Crippen LogP contribution in [-0.4, -0.2) is 62.7 Å². The number of esters is 1. The van der Waals surface area contributed by atoms with E-state index in [1.807, 2.05) is 14.1 Å². The molecule has 0 amide bonds. The Bertz CT molecular complexity index is 170. The number of likely N-dealkylation sites (N-methyl/N-ethyl adjacent to an activating group) is 1. The summed E-state index contributed by atoms with van der Waals surface area (Å²) < 4.78 is 4.62. The van der Waals surface area contributed by atoms with E-state index >= 15 is 0 Å². The highest BCUT2D eigenvalue weighted by Crippen LogP contribution is 2.17. The van der Waals surface area contributed by atoms with Crippen molar-refractivity contribution >= 4 is 5.97 Å². The Hall–Kier alpha value is -0.610. The number of nitrogens with zero attached hydrogens (tertiary/aromatic N) is 2. The van der Waals surface area contributed by atoms with Gasteiger partial charge in [-0.2, -0.15) is 0 Å². The molecule has 1 aliphatic heterocycles. The van der Waals surface area contributed by atoms with Gasteiger partial charge in [0.15, 0.2) is 0 Å². The molecule has 1 heterocycles. The minimum absolute atomic E-state index is 0.0370. The molecular formula is C8H16N2O2. The zero-order chi connectivity index (χ0) is 9.14. The molecule has 4 nitrogen and oxygen atoms in total. The molecule has 0 spiro atoms. The third-order valence-electron chi connectivity index (χ3n) is 2.02. The Morgan fingerprint density at radius 2 is 2.33 bits per heavy atom. The van der Waals surface area contributed by atoms with Gasteiger partial charge in [0.05, 0.1) is 7.11 Å². The van der Waals surface area contributed by atoms with Crippen LogP contribution in [0.5, 0.6) is 0 Å². The molecule has 2 atom stereocenters. The van der Waals surface area contributed by atoms with Gasteiger partial charge in [0, 0.05) is 19.6 Å². The standard InChI is InChI=1S/C8H16N2O2/c1-9(2)4-5-10-6-7(10)8(11)12-3/h7H,4-6H2,1-3H3. The molecule has 12 heavy (non-hydrogen) atoms. The highest BCUT2D eigenvalue weighted by molar-refractivity contribution is 5.78. The number of carbonyl (C=O) groups is 1. The summed E-state index contributed by atoms with van der Waals surface area (Å²) in [6.07, 6.45) is 0. The van der Waals surface area contributed by atoms with Crippen LogP contribution >= 0.6 is 0 Å². The summed E-state index contributed by atoms with van der Waals surface area (Å²) in [4.78, 5) is 15.2. The molecule has 1 saturated heterocycles. The van der Waals surface area contributed by atoms with E-state index in [0.717, 1.165) is 19.6 Å². The summed E-state index contributed by atoms with van der Waals surface area (Å²) in [5, 5.41) is 0. The number of hydrogen-bond acceptors (Lipinski definition) is 4. The second-order valence-electron chi connectivity index (χ2n) is 3.34. The van der Waals surface area contributed by atoms with E-state index in [1.54, 1.807) is 0 Å². The van der Waals surface area contributed by atoms with Gasteiger partial charge in [0.2, 0.25) is 0 Å². The highest BCUT2D eigenvalue weighted by atomic mass is 16.5. The molecule has 70 valence electrons. The lowest BCUT2D eigenvalue weighted by Crippen LogP contribution is -2.23. The molecule has 0 radical (unpaired) electrons. The Balaban J connectivity index is 2.12. The van der Waals surface area contributed by atoms with Crippen molar-refractivity contribution in [2.75, 3.05) is 40.8 Å². The number of carbonyl (C=O) groups excluding carboxylic acids is 1. The second kappa shape index (κ2) is 3.87. The van der Waals surface area contributed by atoms with Crippen LogP contribution in [-0.2, 0) is 9.53 Å². The Labute approximate surface area is 73.1 Å². The van der Waals surface area contributed by atoms with Crippen molar-refractivity contribution in [2.24, 2.45) is 0 Å². The minimum atomic E-state index is -0.103. The topological polar surface area (TPSA) is 32.6 Å². The quantitative estimate of drug-likeness (QED) is 0.419. The molecular weight excluding hydrogens is 156 g/mol. The molecule has 1 aliphatic rings. The van der Waals surface area contributed by atoms with Crippen LogP contribution in [0.15, 0.2) is 0 Å². The van der Waals surface area contributed by atoms with Crippen LogP contribution in [0.25, 0.3) is 0 Å². The average Bonchev–Trinajstić information content (AvgIpc) is 2.78. The monoisotopic (exact) mass is 172 g/mol. The molecule has 1 fully saturated rings. The van der Waals surface area contributed by atoms with Crippen molar-refractivity contribution < 1.29 is 9.53 Å². The largest absolute Gasteiger partial charge is 0.468 e. The first-order valence-electron chi connectivity index (χ1n) is 4.11. The van der Waals surface area contributed by atoms with Crippen molar-refractivity contribution in [3.05, 3.63) is 0 Å². The summed E-state index contributed by atoms with van der Waals surface area (Å²) in [6.45, 7) is 2.81. The summed E-state index contributed by atoms with van der Waals surface area (Å²) in [7, 11) is 5.48. The van der Waals surface area contributed by atoms with E-state index in [4.69, 9.17) is 0 Å². The number of ether oxygens (including phenoxy) is 1. The van der Waals surface area contributed by atoms with E-state index in [9.17, 15) is 4.79 Å². The van der Waals surface area contributed by atoms with Crippen LogP contribution in [0.4, 0.5) is 0 Å². The number of hydrogen-bond donors (Lipinski definition) is 0. The zero-order valence-corrected chi connectivity index (χ0v) is 7.91. The Morgan fingerprint density at radius 3 is 2.83 bits per heavy atom. The lowest BCUT2D eigenvalue weighted by Gasteiger charge is -2.09. The molecule has 1 rings (SSSR count). The Morgan fingerprint density at radius 1 is 1.67 bits per heavy atom. The van der Waals surface area contributed by atoms with Crippen LogP contribution < -0.4 is 0 Å². The predicted molar refractivity (Wildman–Crippen MR) is 45.9 cm³/mol. The SMILES string of the molecule is COC(=O)C1CN1CCN(C)C. The molecule has 0 aliphatic carbocycles. The molecule has 0 bridgehead atoms. The van der Waals surface area contributed by atoms with Gasteiger partial charge in [-0.15, -0.1) is 0 Å². The van der Waals surface area contributed by atoms with Crippen molar-refractivity contribution in [3.63, 3.8) is 0 Å². The van der Waals surface area contributed by atoms with E-state index in [2.05, 4.69) is 14.5 Å². The molecule has 2 unspecified atom stereocenters. The Kier molecular flexibility index (Phi) is 3.05. The van der Waals surface area contributed by atoms with Gasteiger partial charge in [-0.3, -0.25) is 9.69 Å². The van der Waals surface area contributed by atoms with E-state index in [0.29, 0.717) is 0 Å². The van der Waals surface area contributed by atoms with Gasteiger partial charge in [0.25, 0.3) is 0 Å². The van der Waals surface area contributed by atoms with Crippen molar-refractivity contribution in [1.29, 1.82) is 0 Å². The zero-order valence-electron chi connectivity index (χ0n) is 7.91. The van der Waals surface area contributed by atoms with Gasteiger partial charge >= 0.3 is 5.97 Å². The first-order chi connectivity index (χ1) is 5.65. The summed E-state index contributed by atoms with van der Waals surface area (Å²) in [5.74, 6) is -0.103. The van der Waals surface area contributed by atoms with E-state index in [-0.39, 0.29) is 12.0 Å². The van der Waals surface area contributed by atoms with E-state index < -0.39 is 0 Å². The summed E-state index contributed by atoms with van der Waals surface area (Å²) in [6, 6.07) is 0.0370. The molecule has 0 aromatic heterocycles. The van der Waals surface area contributed by atoms with Crippen molar-refractivity contribution in [1.82, 2.24) is 9.80 Å². The molecule has 0 saturated carbocycles. The van der Waals surface area contributed by atoms with Gasteiger partial charge in [0.1, 0.15) is 6.04 Å². The lowest BCUT2D eigenvalue weighted by molar-refractivity contribution is -0.140. The molecule has 4 heteroatoms. The molecule has 0 N–H and O–H groups in total. The highest BCUT2D eigenvalue weighted by Gasteiger charge is 2.40. The van der Waals surface area contributed by atoms with E-state index in [1.165, 1.54) is 7.11 Å². The fraction of sp³-hybridized carbons (Fsp3) is 0.875. The summed E-state index contributed by atoms with van der Waals surface area (Å²) >= 11 is 0. The van der Waals surface area contributed by atoms with Crippen LogP contribution in [0.3, 0.4) is 0 Å². The maximum Gasteiger partial charge on any atom is 0.324 e. The third kappa shape index (κ3) is 2.46. The minimum Gasteiger partial charge on any atom is -0.468 e. The third-order valence-corrected chi connectivity index (χ3v) is 2.02. The van der Waals surface area contributed by atoms with Crippen LogP contribution in [0.1, 0.15) is 0 Å². The maximum absolute atomic E-state index is 11.0. The van der Waals surface area contributed by atoms with Gasteiger partial charge in [-0.25, -0.2) is 0 Å². The fourth-order valence-electron chi connectivity index (χ4n) is 1.11. The van der Waals surface area contributed by atoms with Crippen molar-refractivity contribution in [2.45, 2.75) is 6.04 Å². The maximum atomic E-state index is 11.0. The second-order valence-corrected chi connectivity index (χ2v) is 3.34. The smallest absolute Gasteiger partial charge is 0.324 e. The molecule has 0 aromatic carbocycles. The predicted octanol–water partition coefficient (Wildman–Crippen LogP) is -0.595. The normalized spacial score (nSPS) is 27.3. The van der Waals surface area contributed by atoms with Crippen LogP contribution in [0.2, 0.25) is 0 Å².